The normalized spacial score (nSPS) is 35.1. The molecule has 0 aliphatic heterocycles. The first-order valence-electron chi connectivity index (χ1n) is 18.9. The molecule has 0 bridgehead atoms. The quantitative estimate of drug-likeness (QED) is 0.198. The van der Waals surface area contributed by atoms with E-state index in [1.165, 1.54) is 51.4 Å². The van der Waals surface area contributed by atoms with Crippen molar-refractivity contribution >= 4 is 7.82 Å². The molecule has 0 saturated heterocycles. The fourth-order valence-corrected chi connectivity index (χ4v) is 12.3. The minimum atomic E-state index is -3.83. The first kappa shape index (κ1) is 35.2. The second-order valence-corrected chi connectivity index (χ2v) is 18.5. The van der Waals surface area contributed by atoms with Crippen molar-refractivity contribution in [1.29, 1.82) is 0 Å². The van der Waals surface area contributed by atoms with Gasteiger partial charge in [0.2, 0.25) is 0 Å². The smallest absolute Gasteiger partial charge is 0.284 e. The average Bonchev–Trinajstić information content (AvgIpc) is 3.44. The monoisotopic (exact) mass is 664 g/mol. The van der Waals surface area contributed by atoms with Crippen molar-refractivity contribution in [1.82, 2.24) is 9.97 Å². The molecule has 0 aromatic carbocycles. The number of phosphoric acid groups is 1. The molecule has 2 aromatic heterocycles. The summed E-state index contributed by atoms with van der Waals surface area (Å²) in [6.07, 6.45) is 20.8. The lowest BCUT2D eigenvalue weighted by atomic mass is 9.44. The van der Waals surface area contributed by atoms with E-state index in [-0.39, 0.29) is 19.3 Å². The minimum Gasteiger partial charge on any atom is -0.284 e. The Morgan fingerprint density at radius 3 is 2.06 bits per heavy atom. The van der Waals surface area contributed by atoms with E-state index < -0.39 is 7.82 Å². The summed E-state index contributed by atoms with van der Waals surface area (Å²) in [6, 6.07) is 7.54. The summed E-state index contributed by atoms with van der Waals surface area (Å²) in [5, 5.41) is 0. The molecule has 6 nitrogen and oxygen atoms in total. The molecule has 0 unspecified atom stereocenters. The third-order valence-electron chi connectivity index (χ3n) is 14.1. The number of aromatic nitrogens is 2. The highest BCUT2D eigenvalue weighted by atomic mass is 31.2. The molecular weight excluding hydrogens is 603 g/mol. The third-order valence-corrected chi connectivity index (χ3v) is 15.5. The SMILES string of the molecule is CC(C)[C@H](C)CC[C@@H](C)[C@H]1CC[C@H]2[C@@H]3CC[C@H]4C[C@@H](OP(=O)(OCc5cccnc5)OCc5cccnc5)CC[C@]4(C)[C@H]3CC[C@]12C. The van der Waals surface area contributed by atoms with Crippen molar-refractivity contribution in [2.75, 3.05) is 0 Å². The zero-order valence-corrected chi connectivity index (χ0v) is 30.9. The Hall–Kier alpha value is -1.59. The number of hydrogen-bond acceptors (Lipinski definition) is 6. The number of hydrogen-bond donors (Lipinski definition) is 0. The van der Waals surface area contributed by atoms with Gasteiger partial charge < -0.3 is 0 Å². The number of nitrogens with zero attached hydrogens (tertiary/aromatic N) is 2. The van der Waals surface area contributed by atoms with Gasteiger partial charge in [-0.05, 0) is 139 Å². The highest BCUT2D eigenvalue weighted by molar-refractivity contribution is 7.48. The first-order valence-corrected chi connectivity index (χ1v) is 20.3. The number of phosphoric ester groups is 1. The molecule has 7 heteroatoms. The topological polar surface area (TPSA) is 70.5 Å². The lowest BCUT2D eigenvalue weighted by molar-refractivity contribution is -0.129. The summed E-state index contributed by atoms with van der Waals surface area (Å²) in [6.45, 7) is 15.4. The van der Waals surface area contributed by atoms with Crippen molar-refractivity contribution in [3.63, 3.8) is 0 Å². The second kappa shape index (κ2) is 14.7. The van der Waals surface area contributed by atoms with E-state index in [0.29, 0.717) is 16.7 Å². The fraction of sp³-hybridized carbons (Fsp3) is 0.750. The Morgan fingerprint density at radius 1 is 0.809 bits per heavy atom. The van der Waals surface area contributed by atoms with Gasteiger partial charge in [0.15, 0.2) is 0 Å². The summed E-state index contributed by atoms with van der Waals surface area (Å²) < 4.78 is 32.5. The Morgan fingerprint density at radius 2 is 1.45 bits per heavy atom. The van der Waals surface area contributed by atoms with Gasteiger partial charge in [-0.1, -0.05) is 66.5 Å². The van der Waals surface area contributed by atoms with Gasteiger partial charge in [-0.3, -0.25) is 23.5 Å². The van der Waals surface area contributed by atoms with Crippen LogP contribution in [0.3, 0.4) is 0 Å². The van der Waals surface area contributed by atoms with Crippen molar-refractivity contribution in [2.45, 2.75) is 131 Å². The van der Waals surface area contributed by atoms with E-state index in [9.17, 15) is 4.57 Å². The molecule has 4 aliphatic carbocycles. The molecule has 4 fully saturated rings. The van der Waals surface area contributed by atoms with Crippen molar-refractivity contribution in [2.24, 2.45) is 58.2 Å². The third kappa shape index (κ3) is 7.62. The standard InChI is InChI=1S/C40H61N2O4P/c1-28(2)29(3)11-12-30(4)36-15-16-37-35-14-13-33-23-34(17-19-39(33,5)38(35)18-20-40(36,37)6)46-47(43,44-26-31-9-7-21-41-24-31)45-27-32-10-8-22-42-25-32/h7-10,21-22,24-25,28-30,33-38H,11-20,23,26-27H2,1-6H3/t29-,30-,33+,34+,35+,36-,37+,38+,39+,40-/m1/s1. The van der Waals surface area contributed by atoms with Gasteiger partial charge in [0.05, 0.1) is 19.3 Å². The van der Waals surface area contributed by atoms with Gasteiger partial charge in [0, 0.05) is 24.8 Å². The molecule has 4 aliphatic rings. The maximum absolute atomic E-state index is 14.2. The van der Waals surface area contributed by atoms with E-state index >= 15 is 0 Å². The van der Waals surface area contributed by atoms with E-state index in [2.05, 4.69) is 51.5 Å². The number of fused-ring (bicyclic) bond motifs is 5. The maximum atomic E-state index is 14.2. The largest absolute Gasteiger partial charge is 0.475 e. The molecule has 0 amide bonds. The van der Waals surface area contributed by atoms with Gasteiger partial charge in [0.25, 0.3) is 0 Å². The van der Waals surface area contributed by atoms with E-state index in [1.54, 1.807) is 24.8 Å². The highest BCUT2D eigenvalue weighted by Gasteiger charge is 2.61. The molecule has 2 heterocycles. The Kier molecular flexibility index (Phi) is 11.0. The van der Waals surface area contributed by atoms with Gasteiger partial charge in [-0.2, -0.15) is 0 Å². The molecule has 10 atom stereocenters. The molecule has 260 valence electrons. The van der Waals surface area contributed by atoms with Crippen LogP contribution < -0.4 is 0 Å². The molecule has 0 spiro atoms. The molecule has 6 rings (SSSR count). The van der Waals surface area contributed by atoms with Crippen LogP contribution in [-0.2, 0) is 31.4 Å². The van der Waals surface area contributed by atoms with Crippen LogP contribution in [0.1, 0.15) is 123 Å². The summed E-state index contributed by atoms with van der Waals surface area (Å²) in [7, 11) is -3.83. The van der Waals surface area contributed by atoms with Crippen LogP contribution in [0.15, 0.2) is 49.1 Å². The predicted molar refractivity (Wildman–Crippen MR) is 188 cm³/mol. The Balaban J connectivity index is 1.10. The Bertz CT molecular complexity index is 1290. The van der Waals surface area contributed by atoms with Crippen LogP contribution in [0.2, 0.25) is 0 Å². The van der Waals surface area contributed by atoms with Gasteiger partial charge in [-0.25, -0.2) is 4.57 Å². The first-order chi connectivity index (χ1) is 22.5. The lowest BCUT2D eigenvalue weighted by Crippen LogP contribution is -2.54. The molecule has 4 saturated carbocycles. The van der Waals surface area contributed by atoms with Crippen LogP contribution in [0.5, 0.6) is 0 Å². The molecule has 0 radical (unpaired) electrons. The van der Waals surface area contributed by atoms with E-state index in [4.69, 9.17) is 13.6 Å². The van der Waals surface area contributed by atoms with Crippen LogP contribution >= 0.6 is 7.82 Å². The van der Waals surface area contributed by atoms with E-state index in [1.807, 2.05) is 24.3 Å². The van der Waals surface area contributed by atoms with E-state index in [0.717, 1.165) is 71.8 Å². The molecular formula is C40H61N2O4P. The lowest BCUT2D eigenvalue weighted by Gasteiger charge is -2.61. The highest BCUT2D eigenvalue weighted by Crippen LogP contribution is 2.69. The molecule has 0 N–H and O–H groups in total. The van der Waals surface area contributed by atoms with Gasteiger partial charge in [0.1, 0.15) is 0 Å². The van der Waals surface area contributed by atoms with Crippen molar-refractivity contribution < 1.29 is 18.1 Å². The summed E-state index contributed by atoms with van der Waals surface area (Å²) >= 11 is 0. The van der Waals surface area contributed by atoms with Crippen LogP contribution in [0, 0.1) is 58.2 Å². The van der Waals surface area contributed by atoms with Crippen molar-refractivity contribution in [3.8, 4) is 0 Å². The zero-order valence-electron chi connectivity index (χ0n) is 30.0. The summed E-state index contributed by atoms with van der Waals surface area (Å²) in [4.78, 5) is 8.36. The van der Waals surface area contributed by atoms with Crippen LogP contribution in [-0.4, -0.2) is 16.1 Å². The summed E-state index contributed by atoms with van der Waals surface area (Å²) in [5.41, 5.74) is 2.52. The van der Waals surface area contributed by atoms with Crippen LogP contribution in [0.4, 0.5) is 0 Å². The minimum absolute atomic E-state index is 0.128. The zero-order chi connectivity index (χ0) is 33.2. The summed E-state index contributed by atoms with van der Waals surface area (Å²) in [5.74, 6) is 6.44. The fourth-order valence-electron chi connectivity index (χ4n) is 10.9. The van der Waals surface area contributed by atoms with Gasteiger partial charge in [-0.15, -0.1) is 0 Å². The molecule has 2 aromatic rings. The molecule has 47 heavy (non-hydrogen) atoms. The van der Waals surface area contributed by atoms with Gasteiger partial charge >= 0.3 is 7.82 Å². The van der Waals surface area contributed by atoms with Crippen LogP contribution in [0.25, 0.3) is 0 Å². The average molecular weight is 665 g/mol. The predicted octanol–water partition coefficient (Wildman–Crippen LogP) is 11.1. The second-order valence-electron chi connectivity index (χ2n) is 16.9. The Labute approximate surface area is 285 Å². The maximum Gasteiger partial charge on any atom is 0.475 e. The van der Waals surface area contributed by atoms with Crippen molar-refractivity contribution in [3.05, 3.63) is 60.2 Å². The number of pyridine rings is 2. The number of rotatable bonds is 13.